The maximum absolute atomic E-state index is 14.8. The minimum Gasteiger partial charge on any atom is -0.490 e. The predicted octanol–water partition coefficient (Wildman–Crippen LogP) is 8.63. The molecular formula is C40H48F5N5O3. The molecule has 5 saturated carbocycles. The highest BCUT2D eigenvalue weighted by molar-refractivity contribution is 6.01. The molecule has 6 fully saturated rings. The number of hydrogen-bond donors (Lipinski definition) is 1. The van der Waals surface area contributed by atoms with E-state index in [0.29, 0.717) is 28.5 Å². The number of fused-ring (bicyclic) bond motifs is 1. The van der Waals surface area contributed by atoms with Gasteiger partial charge in [0.2, 0.25) is 0 Å². The Balaban J connectivity index is 1.08. The van der Waals surface area contributed by atoms with Crippen molar-refractivity contribution in [1.29, 1.82) is 0 Å². The Hall–Kier alpha value is -3.61. The second-order valence-electron chi connectivity index (χ2n) is 16.5. The standard InChI is InChI=1S/C40H48F5N5O3/c1-4-27(5-2)50-19-33(31-11-10-30(17-34(31)50)53-29-8-6-28(7-9-29)49-20-38(41,42)21-49)36-46-18-32(35(47-36)40(43,44)45)37(52)48-39(22(3)51)25-13-23-12-24(15-25)16-26(39)14-23/h10-11,17-19,23-29H,4-9,12-16,20-21H2,1-3H3,(H,48,52)/t23?,24?,25?,26?,28-,29-,39?. The monoisotopic (exact) mass is 741 g/mol. The van der Waals surface area contributed by atoms with Crippen LogP contribution in [0.25, 0.3) is 22.3 Å². The van der Waals surface area contributed by atoms with Crippen molar-refractivity contribution in [2.75, 3.05) is 13.1 Å². The van der Waals surface area contributed by atoms with Crippen LogP contribution in [0, 0.1) is 23.7 Å². The van der Waals surface area contributed by atoms with Gasteiger partial charge in [0.15, 0.2) is 17.3 Å². The van der Waals surface area contributed by atoms with Gasteiger partial charge in [-0.15, -0.1) is 0 Å². The zero-order valence-corrected chi connectivity index (χ0v) is 30.5. The van der Waals surface area contributed by atoms with E-state index < -0.39 is 34.8 Å². The number of amides is 1. The Kier molecular flexibility index (Phi) is 9.13. The Labute approximate surface area is 306 Å². The lowest BCUT2D eigenvalue weighted by molar-refractivity contribution is -0.151. The van der Waals surface area contributed by atoms with Crippen molar-refractivity contribution in [3.05, 3.63) is 41.9 Å². The number of carbonyl (C=O) groups is 2. The smallest absolute Gasteiger partial charge is 0.434 e. The van der Waals surface area contributed by atoms with Crippen LogP contribution in [0.3, 0.4) is 0 Å². The summed E-state index contributed by atoms with van der Waals surface area (Å²) in [6.45, 7) is 5.19. The molecule has 0 atom stereocenters. The van der Waals surface area contributed by atoms with Gasteiger partial charge in [-0.1, -0.05) is 13.8 Å². The molecule has 1 amide bonds. The van der Waals surface area contributed by atoms with Crippen LogP contribution < -0.4 is 10.1 Å². The van der Waals surface area contributed by atoms with Crippen molar-refractivity contribution in [3.63, 3.8) is 0 Å². The van der Waals surface area contributed by atoms with Crippen molar-refractivity contribution >= 4 is 22.6 Å². The van der Waals surface area contributed by atoms with Gasteiger partial charge in [0.25, 0.3) is 11.8 Å². The molecule has 1 aliphatic heterocycles. The third kappa shape index (κ3) is 6.42. The van der Waals surface area contributed by atoms with Gasteiger partial charge in [-0.2, -0.15) is 13.2 Å². The van der Waals surface area contributed by atoms with Gasteiger partial charge in [0.05, 0.1) is 30.3 Å². The number of hydrogen-bond acceptors (Lipinski definition) is 6. The number of ketones is 1. The first-order valence-corrected chi connectivity index (χ1v) is 19.4. The second-order valence-corrected chi connectivity index (χ2v) is 16.5. The van der Waals surface area contributed by atoms with Crippen molar-refractivity contribution < 1.29 is 36.3 Å². The Morgan fingerprint density at radius 2 is 1.62 bits per heavy atom. The molecule has 5 aliphatic carbocycles. The van der Waals surface area contributed by atoms with Crippen LogP contribution in [0.1, 0.15) is 113 Å². The highest BCUT2D eigenvalue weighted by Crippen LogP contribution is 2.58. The molecule has 4 bridgehead atoms. The molecule has 13 heteroatoms. The molecule has 3 aromatic rings. The maximum atomic E-state index is 14.8. The van der Waals surface area contributed by atoms with E-state index in [1.54, 1.807) is 12.3 Å². The first kappa shape index (κ1) is 36.4. The van der Waals surface area contributed by atoms with Gasteiger partial charge in [-0.05, 0) is 113 Å². The summed E-state index contributed by atoms with van der Waals surface area (Å²) >= 11 is 0. The summed E-state index contributed by atoms with van der Waals surface area (Å²) in [5.41, 5.74) is -2.02. The summed E-state index contributed by atoms with van der Waals surface area (Å²) in [4.78, 5) is 37.4. The molecule has 2 aromatic heterocycles. The van der Waals surface area contributed by atoms with Gasteiger partial charge < -0.3 is 14.6 Å². The highest BCUT2D eigenvalue weighted by atomic mass is 19.4. The molecule has 286 valence electrons. The van der Waals surface area contributed by atoms with E-state index in [1.807, 2.05) is 21.6 Å². The third-order valence-electron chi connectivity index (χ3n) is 13.3. The minimum absolute atomic E-state index is 0.0440. The van der Waals surface area contributed by atoms with Crippen molar-refractivity contribution in [2.24, 2.45) is 23.7 Å². The largest absolute Gasteiger partial charge is 0.490 e. The number of aromatic nitrogens is 3. The fraction of sp³-hybridized carbons (Fsp3) is 0.650. The van der Waals surface area contributed by atoms with E-state index in [2.05, 4.69) is 29.1 Å². The fourth-order valence-electron chi connectivity index (χ4n) is 10.9. The van der Waals surface area contributed by atoms with Gasteiger partial charge >= 0.3 is 6.18 Å². The number of likely N-dealkylation sites (tertiary alicyclic amines) is 1. The van der Waals surface area contributed by atoms with E-state index in [9.17, 15) is 31.5 Å². The van der Waals surface area contributed by atoms with Crippen molar-refractivity contribution in [3.8, 4) is 17.1 Å². The first-order chi connectivity index (χ1) is 25.2. The van der Waals surface area contributed by atoms with Crippen LogP contribution in [-0.4, -0.2) is 67.8 Å². The number of carbonyl (C=O) groups excluding carboxylic acids is 2. The highest BCUT2D eigenvalue weighted by Gasteiger charge is 2.60. The molecule has 0 spiro atoms. The van der Waals surface area contributed by atoms with Gasteiger partial charge in [-0.25, -0.2) is 18.7 Å². The van der Waals surface area contributed by atoms with Crippen LogP contribution in [0.5, 0.6) is 5.75 Å². The molecular weight excluding hydrogens is 693 g/mol. The van der Waals surface area contributed by atoms with Crippen molar-refractivity contribution in [2.45, 2.75) is 127 Å². The SMILES string of the molecule is CCC(CC)n1cc(-c2ncc(C(=O)NC3(C(C)=O)C4CC5CC(C4)CC3C5)c(C(F)(F)F)n2)c2ccc(O[C@H]3CC[C@H](N4CC(F)(F)C4)CC3)cc21. The summed E-state index contributed by atoms with van der Waals surface area (Å²) in [6.07, 6.45) is 6.63. The number of Topliss-reactive ketones (excluding diaryl/α,β-unsaturated/α-hetero) is 1. The van der Waals surface area contributed by atoms with E-state index in [-0.39, 0.29) is 54.7 Å². The number of rotatable bonds is 10. The molecule has 0 unspecified atom stereocenters. The lowest BCUT2D eigenvalue weighted by atomic mass is 9.47. The minimum atomic E-state index is -4.96. The lowest BCUT2D eigenvalue weighted by Crippen LogP contribution is -2.69. The molecule has 53 heavy (non-hydrogen) atoms. The van der Waals surface area contributed by atoms with Crippen LogP contribution in [-0.2, 0) is 11.0 Å². The fourth-order valence-corrected chi connectivity index (χ4v) is 10.9. The molecule has 6 aliphatic rings. The van der Waals surface area contributed by atoms with Gasteiger partial charge in [-0.3, -0.25) is 14.5 Å². The number of ether oxygens (including phenoxy) is 1. The number of halogens is 5. The van der Waals surface area contributed by atoms with E-state index >= 15 is 0 Å². The Morgan fingerprint density at radius 1 is 0.981 bits per heavy atom. The van der Waals surface area contributed by atoms with Gasteiger partial charge in [0.1, 0.15) is 11.3 Å². The van der Waals surface area contributed by atoms with E-state index in [1.165, 1.54) is 6.92 Å². The van der Waals surface area contributed by atoms with E-state index in [0.717, 1.165) is 82.3 Å². The molecule has 0 radical (unpaired) electrons. The topological polar surface area (TPSA) is 89.3 Å². The first-order valence-electron chi connectivity index (χ1n) is 19.4. The zero-order valence-electron chi connectivity index (χ0n) is 30.5. The average Bonchev–Trinajstić information content (AvgIpc) is 3.47. The summed E-state index contributed by atoms with van der Waals surface area (Å²) in [5, 5.41) is 3.52. The number of alkyl halides is 5. The van der Waals surface area contributed by atoms with Crippen molar-refractivity contribution in [1.82, 2.24) is 24.8 Å². The van der Waals surface area contributed by atoms with Crippen LogP contribution in [0.2, 0.25) is 0 Å². The number of benzene rings is 1. The quantitative estimate of drug-likeness (QED) is 0.210. The third-order valence-corrected chi connectivity index (χ3v) is 13.3. The number of nitrogens with one attached hydrogen (secondary N) is 1. The molecule has 1 N–H and O–H groups in total. The number of nitrogens with zero attached hydrogens (tertiary/aromatic N) is 4. The molecule has 9 rings (SSSR count). The lowest BCUT2D eigenvalue weighted by Gasteiger charge is -2.60. The van der Waals surface area contributed by atoms with Crippen LogP contribution in [0.15, 0.2) is 30.6 Å². The summed E-state index contributed by atoms with van der Waals surface area (Å²) in [7, 11) is 0. The van der Waals surface area contributed by atoms with Crippen LogP contribution >= 0.6 is 0 Å². The maximum Gasteiger partial charge on any atom is 0.434 e. The average molecular weight is 742 g/mol. The molecule has 1 aromatic carbocycles. The zero-order chi connectivity index (χ0) is 37.4. The molecule has 3 heterocycles. The van der Waals surface area contributed by atoms with Gasteiger partial charge in [0, 0.05) is 41.5 Å². The molecule has 8 nitrogen and oxygen atoms in total. The summed E-state index contributed by atoms with van der Waals surface area (Å²) in [6, 6.07) is 5.69. The molecule has 1 saturated heterocycles. The second kappa shape index (κ2) is 13.3. The Bertz CT molecular complexity index is 1860. The summed E-state index contributed by atoms with van der Waals surface area (Å²) < 4.78 is 79.6. The van der Waals surface area contributed by atoms with Crippen LogP contribution in [0.4, 0.5) is 22.0 Å². The normalized spacial score (nSPS) is 30.8. The summed E-state index contributed by atoms with van der Waals surface area (Å²) in [5.74, 6) is -2.46. The van der Waals surface area contributed by atoms with E-state index in [4.69, 9.17) is 4.74 Å². The predicted molar refractivity (Wildman–Crippen MR) is 189 cm³/mol. The Morgan fingerprint density at radius 3 is 2.19 bits per heavy atom.